The Bertz CT molecular complexity index is 749. The molecule has 4 heteroatoms. The van der Waals surface area contributed by atoms with Crippen LogP contribution in [-0.4, -0.2) is 18.7 Å². The Morgan fingerprint density at radius 1 is 1.17 bits per heavy atom. The summed E-state index contributed by atoms with van der Waals surface area (Å²) >= 11 is 0. The van der Waals surface area contributed by atoms with Crippen LogP contribution in [-0.2, 0) is 4.79 Å². The largest absolute Gasteiger partial charge is 0.483 e. The van der Waals surface area contributed by atoms with Gasteiger partial charge in [0, 0.05) is 0 Å². The summed E-state index contributed by atoms with van der Waals surface area (Å²) in [5, 5.41) is 3.94. The average Bonchev–Trinajstić information content (AvgIpc) is 2.55. The van der Waals surface area contributed by atoms with E-state index in [4.69, 9.17) is 4.74 Å². The second-order valence-electron chi connectivity index (χ2n) is 5.65. The zero-order valence-electron chi connectivity index (χ0n) is 14.2. The number of carbonyl (C=O) groups is 1. The van der Waals surface area contributed by atoms with E-state index in [1.807, 2.05) is 75.4 Å². The molecule has 0 fully saturated rings. The van der Waals surface area contributed by atoms with Gasteiger partial charge < -0.3 is 4.74 Å². The van der Waals surface area contributed by atoms with Gasteiger partial charge in [-0.05, 0) is 43.5 Å². The number of hydrogen-bond donors (Lipinski definition) is 1. The van der Waals surface area contributed by atoms with Crippen LogP contribution in [0.5, 0.6) is 5.75 Å². The Labute approximate surface area is 142 Å². The number of carbonyl (C=O) groups excluding carboxylic acids is 1. The lowest BCUT2D eigenvalue weighted by Gasteiger charge is -2.08. The maximum Gasteiger partial charge on any atom is 0.277 e. The Kier molecular flexibility index (Phi) is 6.32. The maximum atomic E-state index is 11.8. The van der Waals surface area contributed by atoms with Crippen molar-refractivity contribution in [3.8, 4) is 5.75 Å². The Morgan fingerprint density at radius 2 is 1.92 bits per heavy atom. The highest BCUT2D eigenvalue weighted by molar-refractivity contribution is 5.86. The third kappa shape index (κ3) is 5.72. The molecule has 0 atom stereocenters. The number of nitrogens with zero attached hydrogens (tertiary/aromatic N) is 1. The first kappa shape index (κ1) is 17.5. The molecule has 0 bridgehead atoms. The van der Waals surface area contributed by atoms with E-state index in [1.54, 1.807) is 6.21 Å². The van der Waals surface area contributed by atoms with E-state index in [1.165, 1.54) is 0 Å². The predicted molar refractivity (Wildman–Crippen MR) is 98.1 cm³/mol. The molecule has 0 saturated heterocycles. The monoisotopic (exact) mass is 322 g/mol. The number of allylic oxidation sites excluding steroid dienone is 1. The van der Waals surface area contributed by atoms with Crippen molar-refractivity contribution in [1.82, 2.24) is 5.43 Å². The van der Waals surface area contributed by atoms with Crippen LogP contribution in [0.1, 0.15) is 23.6 Å². The van der Waals surface area contributed by atoms with Gasteiger partial charge >= 0.3 is 0 Å². The lowest BCUT2D eigenvalue weighted by molar-refractivity contribution is -0.123. The molecule has 0 aromatic heterocycles. The summed E-state index contributed by atoms with van der Waals surface area (Å²) in [5.74, 6) is 0.415. The van der Waals surface area contributed by atoms with Crippen LogP contribution < -0.4 is 10.2 Å². The average molecular weight is 322 g/mol. The van der Waals surface area contributed by atoms with Gasteiger partial charge in [0.25, 0.3) is 5.91 Å². The van der Waals surface area contributed by atoms with Gasteiger partial charge in [-0.15, -0.1) is 0 Å². The van der Waals surface area contributed by atoms with Crippen molar-refractivity contribution >= 4 is 18.2 Å². The minimum Gasteiger partial charge on any atom is -0.483 e. The minimum atomic E-state index is -0.293. The maximum absolute atomic E-state index is 11.8. The Balaban J connectivity index is 1.81. The number of aryl methyl sites for hydroxylation is 2. The van der Waals surface area contributed by atoms with Crippen molar-refractivity contribution in [3.63, 3.8) is 0 Å². The predicted octanol–water partition coefficient (Wildman–Crippen LogP) is 3.89. The quantitative estimate of drug-likeness (QED) is 0.648. The van der Waals surface area contributed by atoms with Gasteiger partial charge in [-0.2, -0.15) is 5.10 Å². The summed E-state index contributed by atoms with van der Waals surface area (Å²) in [6, 6.07) is 15.8. The molecular formula is C20H22N2O2. The number of hydrazone groups is 1. The molecule has 0 spiro atoms. The number of hydrogen-bond acceptors (Lipinski definition) is 3. The molecule has 1 amide bonds. The third-order valence-corrected chi connectivity index (χ3v) is 3.34. The molecule has 0 aliphatic carbocycles. The first-order chi connectivity index (χ1) is 11.5. The number of ether oxygens (including phenoxy) is 1. The fourth-order valence-electron chi connectivity index (χ4n) is 2.19. The molecule has 0 radical (unpaired) electrons. The van der Waals surface area contributed by atoms with E-state index in [2.05, 4.69) is 10.5 Å². The zero-order chi connectivity index (χ0) is 17.4. The fourth-order valence-corrected chi connectivity index (χ4v) is 2.19. The molecule has 0 aliphatic heterocycles. The number of nitrogens with one attached hydrogen (secondary N) is 1. The molecule has 0 heterocycles. The summed E-state index contributed by atoms with van der Waals surface area (Å²) in [6.45, 7) is 5.83. The van der Waals surface area contributed by atoms with Crippen molar-refractivity contribution < 1.29 is 9.53 Å². The van der Waals surface area contributed by atoms with Crippen LogP contribution in [0.4, 0.5) is 0 Å². The molecule has 0 unspecified atom stereocenters. The first-order valence-corrected chi connectivity index (χ1v) is 7.80. The van der Waals surface area contributed by atoms with Crippen molar-refractivity contribution in [1.29, 1.82) is 0 Å². The first-order valence-electron chi connectivity index (χ1n) is 7.80. The highest BCUT2D eigenvalue weighted by atomic mass is 16.5. The molecule has 4 nitrogen and oxygen atoms in total. The van der Waals surface area contributed by atoms with E-state index in [-0.39, 0.29) is 12.5 Å². The molecule has 1 N–H and O–H groups in total. The van der Waals surface area contributed by atoms with E-state index in [0.717, 1.165) is 22.3 Å². The summed E-state index contributed by atoms with van der Waals surface area (Å²) in [4.78, 5) is 11.8. The lowest BCUT2D eigenvalue weighted by Crippen LogP contribution is -2.24. The molecule has 124 valence electrons. The third-order valence-electron chi connectivity index (χ3n) is 3.34. The van der Waals surface area contributed by atoms with Crippen LogP contribution in [0.3, 0.4) is 0 Å². The molecule has 24 heavy (non-hydrogen) atoms. The topological polar surface area (TPSA) is 50.7 Å². The summed E-state index contributed by atoms with van der Waals surface area (Å²) in [7, 11) is 0. The van der Waals surface area contributed by atoms with Gasteiger partial charge in [-0.25, -0.2) is 5.43 Å². The summed E-state index contributed by atoms with van der Waals surface area (Å²) in [6.07, 6.45) is 3.60. The van der Waals surface area contributed by atoms with E-state index in [0.29, 0.717) is 5.75 Å². The van der Waals surface area contributed by atoms with E-state index >= 15 is 0 Å². The summed E-state index contributed by atoms with van der Waals surface area (Å²) in [5.41, 5.74) is 6.66. The standard InChI is InChI=1S/C20H22N2O2/c1-15-9-10-19(17(3)11-15)24-14-20(23)22-21-13-16(2)12-18-7-5-4-6-8-18/h4-13H,14H2,1-3H3,(H,22,23)/b16-12+,21-13-. The van der Waals surface area contributed by atoms with Crippen LogP contribution in [0.15, 0.2) is 59.2 Å². The van der Waals surface area contributed by atoms with Crippen LogP contribution in [0.25, 0.3) is 6.08 Å². The summed E-state index contributed by atoms with van der Waals surface area (Å²) < 4.78 is 5.51. The van der Waals surface area contributed by atoms with Gasteiger partial charge in [0.15, 0.2) is 6.61 Å². The molecule has 0 saturated carbocycles. The van der Waals surface area contributed by atoms with Crippen LogP contribution in [0, 0.1) is 13.8 Å². The number of benzene rings is 2. The van der Waals surface area contributed by atoms with Crippen molar-refractivity contribution in [3.05, 3.63) is 70.8 Å². The van der Waals surface area contributed by atoms with E-state index in [9.17, 15) is 4.79 Å². The molecule has 2 aromatic carbocycles. The second-order valence-corrected chi connectivity index (χ2v) is 5.65. The normalized spacial score (nSPS) is 11.5. The minimum absolute atomic E-state index is 0.0668. The fraction of sp³-hybridized carbons (Fsp3) is 0.200. The van der Waals surface area contributed by atoms with Gasteiger partial charge in [0.05, 0.1) is 6.21 Å². The van der Waals surface area contributed by atoms with Gasteiger partial charge in [-0.1, -0.05) is 54.1 Å². The lowest BCUT2D eigenvalue weighted by atomic mass is 10.1. The van der Waals surface area contributed by atoms with E-state index < -0.39 is 0 Å². The molecule has 2 aromatic rings. The second kappa shape index (κ2) is 8.67. The van der Waals surface area contributed by atoms with Gasteiger partial charge in [-0.3, -0.25) is 4.79 Å². The number of amides is 1. The van der Waals surface area contributed by atoms with Crippen molar-refractivity contribution in [2.45, 2.75) is 20.8 Å². The highest BCUT2D eigenvalue weighted by Gasteiger charge is 2.04. The van der Waals surface area contributed by atoms with Gasteiger partial charge in [0.1, 0.15) is 5.75 Å². The SMILES string of the molecule is CC(/C=N\NC(=O)COc1ccc(C)cc1C)=C\c1ccccc1. The zero-order valence-corrected chi connectivity index (χ0v) is 14.2. The smallest absolute Gasteiger partial charge is 0.277 e. The number of rotatable bonds is 6. The Hall–Kier alpha value is -2.88. The molecular weight excluding hydrogens is 300 g/mol. The van der Waals surface area contributed by atoms with Crippen molar-refractivity contribution in [2.75, 3.05) is 6.61 Å². The Morgan fingerprint density at radius 3 is 2.62 bits per heavy atom. The van der Waals surface area contributed by atoms with Crippen LogP contribution >= 0.6 is 0 Å². The molecule has 0 aliphatic rings. The van der Waals surface area contributed by atoms with Gasteiger partial charge in [0.2, 0.25) is 0 Å². The highest BCUT2D eigenvalue weighted by Crippen LogP contribution is 2.18. The van der Waals surface area contributed by atoms with Crippen LogP contribution in [0.2, 0.25) is 0 Å². The van der Waals surface area contributed by atoms with Crippen molar-refractivity contribution in [2.24, 2.45) is 5.10 Å². The molecule has 2 rings (SSSR count).